The lowest BCUT2D eigenvalue weighted by Gasteiger charge is -2.43. The highest BCUT2D eigenvalue weighted by Gasteiger charge is 2.36. The molecule has 0 atom stereocenters. The minimum absolute atomic E-state index is 0.0479. The quantitative estimate of drug-likeness (QED) is 0.709. The van der Waals surface area contributed by atoms with E-state index in [2.05, 4.69) is 24.3 Å². The van der Waals surface area contributed by atoms with Crippen LogP contribution >= 0.6 is 0 Å². The number of methoxy groups -OCH3 is 1. The third kappa shape index (κ3) is 4.98. The molecule has 0 spiro atoms. The van der Waals surface area contributed by atoms with Crippen LogP contribution in [0.2, 0.25) is 0 Å². The molecule has 168 valence electrons. The molecule has 2 aliphatic rings. The van der Waals surface area contributed by atoms with E-state index in [1.54, 1.807) is 31.4 Å². The number of benzene rings is 1. The van der Waals surface area contributed by atoms with Gasteiger partial charge in [-0.2, -0.15) is 4.31 Å². The highest BCUT2D eigenvalue weighted by atomic mass is 32.2. The summed E-state index contributed by atoms with van der Waals surface area (Å²) in [5.41, 5.74) is 0.0479. The molecule has 1 N–H and O–H groups in total. The SMILES string of the molecule is COc1ccc(S(=O)(=O)N2CCC(C(=O)NCC3(N(C)C)CCCCC3)CC2)cc1. The maximum Gasteiger partial charge on any atom is 0.243 e. The second-order valence-corrected chi connectivity index (χ2v) is 10.7. The number of likely N-dealkylation sites (N-methyl/N-ethyl adjacent to an activating group) is 1. The molecule has 1 heterocycles. The van der Waals surface area contributed by atoms with Gasteiger partial charge in [-0.15, -0.1) is 0 Å². The largest absolute Gasteiger partial charge is 0.497 e. The van der Waals surface area contributed by atoms with Crippen LogP contribution in [0.5, 0.6) is 5.75 Å². The van der Waals surface area contributed by atoms with Crippen molar-refractivity contribution in [1.29, 1.82) is 0 Å². The van der Waals surface area contributed by atoms with Gasteiger partial charge in [0.2, 0.25) is 15.9 Å². The van der Waals surface area contributed by atoms with Gasteiger partial charge in [-0.25, -0.2) is 8.42 Å². The molecule has 0 unspecified atom stereocenters. The zero-order chi connectivity index (χ0) is 21.8. The van der Waals surface area contributed by atoms with Crippen LogP contribution in [0.3, 0.4) is 0 Å². The first kappa shape index (κ1) is 23.0. The van der Waals surface area contributed by atoms with Crippen molar-refractivity contribution >= 4 is 15.9 Å². The molecule has 3 rings (SSSR count). The Morgan fingerprint density at radius 2 is 1.73 bits per heavy atom. The Balaban J connectivity index is 1.54. The van der Waals surface area contributed by atoms with Crippen LogP contribution < -0.4 is 10.1 Å². The number of ether oxygens (including phenoxy) is 1. The Labute approximate surface area is 180 Å². The molecule has 1 aromatic carbocycles. The van der Waals surface area contributed by atoms with E-state index < -0.39 is 10.0 Å². The third-order valence-electron chi connectivity index (χ3n) is 6.85. The maximum absolute atomic E-state index is 12.9. The normalized spacial score (nSPS) is 20.8. The van der Waals surface area contributed by atoms with Crippen LogP contribution in [0.25, 0.3) is 0 Å². The second kappa shape index (κ2) is 9.66. The second-order valence-electron chi connectivity index (χ2n) is 8.75. The Bertz CT molecular complexity index is 809. The summed E-state index contributed by atoms with van der Waals surface area (Å²) in [7, 11) is 2.20. The summed E-state index contributed by atoms with van der Waals surface area (Å²) in [5, 5.41) is 3.18. The first-order valence-corrected chi connectivity index (χ1v) is 12.3. The van der Waals surface area contributed by atoms with Crippen molar-refractivity contribution in [3.8, 4) is 5.75 Å². The van der Waals surface area contributed by atoms with Crippen LogP contribution in [-0.4, -0.2) is 69.9 Å². The van der Waals surface area contributed by atoms with E-state index in [-0.39, 0.29) is 22.3 Å². The average molecular weight is 438 g/mol. The van der Waals surface area contributed by atoms with Crippen LogP contribution in [0.4, 0.5) is 0 Å². The van der Waals surface area contributed by atoms with Crippen LogP contribution in [0.1, 0.15) is 44.9 Å². The number of amides is 1. The molecule has 2 fully saturated rings. The molecule has 0 aromatic heterocycles. The van der Waals surface area contributed by atoms with Crippen LogP contribution in [0, 0.1) is 5.92 Å². The van der Waals surface area contributed by atoms with Crippen molar-refractivity contribution in [2.75, 3.05) is 40.8 Å². The van der Waals surface area contributed by atoms with Gasteiger partial charge in [0.05, 0.1) is 12.0 Å². The lowest BCUT2D eigenvalue weighted by atomic mass is 9.80. The van der Waals surface area contributed by atoms with E-state index in [1.807, 2.05) is 0 Å². The number of nitrogens with one attached hydrogen (secondary N) is 1. The number of nitrogens with zero attached hydrogens (tertiary/aromatic N) is 2. The first-order valence-electron chi connectivity index (χ1n) is 10.9. The Hall–Kier alpha value is -1.64. The number of piperidine rings is 1. The zero-order valence-corrected chi connectivity index (χ0v) is 19.2. The van der Waals surface area contributed by atoms with Gasteiger partial charge < -0.3 is 15.0 Å². The Kier molecular flexibility index (Phi) is 7.42. The minimum atomic E-state index is -3.55. The fraction of sp³-hybridized carbons (Fsp3) is 0.682. The summed E-state index contributed by atoms with van der Waals surface area (Å²) in [6, 6.07) is 6.44. The summed E-state index contributed by atoms with van der Waals surface area (Å²) in [4.78, 5) is 15.3. The molecule has 7 nitrogen and oxygen atoms in total. The van der Waals surface area contributed by atoms with E-state index in [4.69, 9.17) is 4.74 Å². The van der Waals surface area contributed by atoms with Crippen molar-refractivity contribution in [3.05, 3.63) is 24.3 Å². The number of carbonyl (C=O) groups is 1. The predicted molar refractivity (Wildman–Crippen MR) is 117 cm³/mol. The summed E-state index contributed by atoms with van der Waals surface area (Å²) in [6.07, 6.45) is 7.00. The van der Waals surface area contributed by atoms with Gasteiger partial charge in [-0.3, -0.25) is 4.79 Å². The smallest absolute Gasteiger partial charge is 0.243 e. The number of hydrogen-bond acceptors (Lipinski definition) is 5. The summed E-state index contributed by atoms with van der Waals surface area (Å²) in [6.45, 7) is 1.40. The Morgan fingerprint density at radius 3 is 2.27 bits per heavy atom. The number of carbonyl (C=O) groups excluding carboxylic acids is 1. The highest BCUT2D eigenvalue weighted by Crippen LogP contribution is 2.32. The van der Waals surface area contributed by atoms with Crippen LogP contribution in [-0.2, 0) is 14.8 Å². The van der Waals surface area contributed by atoms with Crippen LogP contribution in [0.15, 0.2) is 29.2 Å². The molecule has 1 aliphatic carbocycles. The lowest BCUT2D eigenvalue weighted by Crippen LogP contribution is -2.55. The third-order valence-corrected chi connectivity index (χ3v) is 8.76. The van der Waals surface area contributed by atoms with Crippen molar-refractivity contribution in [2.45, 2.75) is 55.4 Å². The number of rotatable bonds is 7. The average Bonchev–Trinajstić information content (AvgIpc) is 2.78. The van der Waals surface area contributed by atoms with Gasteiger partial charge in [-0.05, 0) is 64.0 Å². The summed E-state index contributed by atoms with van der Waals surface area (Å²) >= 11 is 0. The zero-order valence-electron chi connectivity index (χ0n) is 18.4. The predicted octanol–water partition coefficient (Wildman–Crippen LogP) is 2.48. The van der Waals surface area contributed by atoms with Crippen molar-refractivity contribution in [1.82, 2.24) is 14.5 Å². The minimum Gasteiger partial charge on any atom is -0.497 e. The molecule has 1 saturated heterocycles. The standard InChI is InChI=1S/C22H35N3O4S/c1-24(2)22(13-5-4-6-14-22)17-23-21(26)18-11-15-25(16-12-18)30(27,28)20-9-7-19(29-3)8-10-20/h7-10,18H,4-6,11-17H2,1-3H3,(H,23,26). The summed E-state index contributed by atoms with van der Waals surface area (Å²) in [5.74, 6) is 0.552. The van der Waals surface area contributed by atoms with E-state index in [0.29, 0.717) is 38.2 Å². The molecule has 0 radical (unpaired) electrons. The van der Waals surface area contributed by atoms with Crippen molar-refractivity contribution in [2.24, 2.45) is 5.92 Å². The van der Waals surface area contributed by atoms with Gasteiger partial charge >= 0.3 is 0 Å². The highest BCUT2D eigenvalue weighted by molar-refractivity contribution is 7.89. The monoisotopic (exact) mass is 437 g/mol. The van der Waals surface area contributed by atoms with Gasteiger partial charge in [0.1, 0.15) is 5.75 Å². The van der Waals surface area contributed by atoms with E-state index >= 15 is 0 Å². The van der Waals surface area contributed by atoms with Gasteiger partial charge in [0.25, 0.3) is 0 Å². The molecule has 30 heavy (non-hydrogen) atoms. The maximum atomic E-state index is 12.9. The molecular formula is C22H35N3O4S. The first-order chi connectivity index (χ1) is 14.3. The summed E-state index contributed by atoms with van der Waals surface area (Å²) < 4.78 is 32.4. The van der Waals surface area contributed by atoms with Gasteiger partial charge in [0, 0.05) is 31.1 Å². The van der Waals surface area contributed by atoms with Crippen molar-refractivity contribution in [3.63, 3.8) is 0 Å². The van der Waals surface area contributed by atoms with Crippen molar-refractivity contribution < 1.29 is 17.9 Å². The van der Waals surface area contributed by atoms with E-state index in [1.165, 1.54) is 23.6 Å². The molecule has 1 amide bonds. The molecule has 1 saturated carbocycles. The molecule has 8 heteroatoms. The molecule has 1 aromatic rings. The topological polar surface area (TPSA) is 79.0 Å². The Morgan fingerprint density at radius 1 is 1.13 bits per heavy atom. The van der Waals surface area contributed by atoms with E-state index in [9.17, 15) is 13.2 Å². The molecule has 1 aliphatic heterocycles. The van der Waals surface area contributed by atoms with Gasteiger partial charge in [-0.1, -0.05) is 19.3 Å². The fourth-order valence-corrected chi connectivity index (χ4v) is 6.11. The number of sulfonamides is 1. The fourth-order valence-electron chi connectivity index (χ4n) is 4.64. The van der Waals surface area contributed by atoms with Gasteiger partial charge in [0.15, 0.2) is 0 Å². The van der Waals surface area contributed by atoms with E-state index in [0.717, 1.165) is 12.8 Å². The lowest BCUT2D eigenvalue weighted by molar-refractivity contribution is -0.126. The molecular weight excluding hydrogens is 402 g/mol. The molecule has 0 bridgehead atoms. The number of hydrogen-bond donors (Lipinski definition) is 1.